The van der Waals surface area contributed by atoms with E-state index in [0.717, 1.165) is 28.0 Å². The Hall–Kier alpha value is -2.82. The molecule has 0 aliphatic heterocycles. The standard InChI is InChI=1S/C16H15N3O2/c1-10-6-12(9-18-8-10)15-14(16(17)19-21-15)11-4-3-5-13(7-11)20-2/h3-9H,1-2H3,(H2,17,19). The summed E-state index contributed by atoms with van der Waals surface area (Å²) < 4.78 is 10.7. The fourth-order valence-corrected chi connectivity index (χ4v) is 2.24. The van der Waals surface area contributed by atoms with E-state index in [4.69, 9.17) is 15.0 Å². The first-order chi connectivity index (χ1) is 10.2. The molecule has 0 aliphatic carbocycles. The van der Waals surface area contributed by atoms with Crippen molar-refractivity contribution in [1.29, 1.82) is 0 Å². The summed E-state index contributed by atoms with van der Waals surface area (Å²) in [4.78, 5) is 4.19. The molecular formula is C16H15N3O2. The van der Waals surface area contributed by atoms with Gasteiger partial charge in [-0.2, -0.15) is 0 Å². The molecule has 3 aromatic rings. The number of nitrogen functional groups attached to an aromatic ring is 1. The number of aryl methyl sites for hydroxylation is 1. The molecule has 0 fully saturated rings. The number of benzene rings is 1. The minimum atomic E-state index is 0.347. The number of rotatable bonds is 3. The normalized spacial score (nSPS) is 10.6. The third-order valence-electron chi connectivity index (χ3n) is 3.21. The van der Waals surface area contributed by atoms with Gasteiger partial charge >= 0.3 is 0 Å². The molecule has 0 bridgehead atoms. The van der Waals surface area contributed by atoms with Crippen molar-refractivity contribution in [3.8, 4) is 28.2 Å². The molecule has 5 nitrogen and oxygen atoms in total. The van der Waals surface area contributed by atoms with Crippen LogP contribution in [0.1, 0.15) is 5.56 Å². The molecule has 2 N–H and O–H groups in total. The second kappa shape index (κ2) is 5.28. The smallest absolute Gasteiger partial charge is 0.178 e. The number of ether oxygens (including phenoxy) is 1. The average Bonchev–Trinajstić information content (AvgIpc) is 2.89. The van der Waals surface area contributed by atoms with Gasteiger partial charge in [0.05, 0.1) is 12.7 Å². The average molecular weight is 281 g/mol. The summed E-state index contributed by atoms with van der Waals surface area (Å²) in [5.41, 5.74) is 9.50. The van der Waals surface area contributed by atoms with Gasteiger partial charge in [-0.15, -0.1) is 0 Å². The number of nitrogens with two attached hydrogens (primary N) is 1. The molecule has 3 rings (SSSR count). The number of pyridine rings is 1. The summed E-state index contributed by atoms with van der Waals surface area (Å²) in [5.74, 6) is 1.71. The summed E-state index contributed by atoms with van der Waals surface area (Å²) >= 11 is 0. The Morgan fingerprint density at radius 2 is 2.00 bits per heavy atom. The van der Waals surface area contributed by atoms with Crippen molar-refractivity contribution in [3.63, 3.8) is 0 Å². The number of hydrogen-bond acceptors (Lipinski definition) is 5. The highest BCUT2D eigenvalue weighted by atomic mass is 16.5. The van der Waals surface area contributed by atoms with Crippen molar-refractivity contribution in [3.05, 3.63) is 48.3 Å². The topological polar surface area (TPSA) is 74.2 Å². The molecule has 0 unspecified atom stereocenters. The van der Waals surface area contributed by atoms with Crippen LogP contribution in [0.2, 0.25) is 0 Å². The van der Waals surface area contributed by atoms with Gasteiger partial charge < -0.3 is 15.0 Å². The van der Waals surface area contributed by atoms with E-state index in [9.17, 15) is 0 Å². The van der Waals surface area contributed by atoms with Crippen molar-refractivity contribution >= 4 is 5.82 Å². The highest BCUT2D eigenvalue weighted by molar-refractivity contribution is 5.86. The SMILES string of the molecule is COc1cccc(-c2c(N)noc2-c2cncc(C)c2)c1. The molecule has 0 atom stereocenters. The van der Waals surface area contributed by atoms with Crippen LogP contribution in [0.25, 0.3) is 22.5 Å². The Kier molecular flexibility index (Phi) is 3.31. The highest BCUT2D eigenvalue weighted by Gasteiger charge is 2.18. The predicted molar refractivity (Wildman–Crippen MR) is 80.9 cm³/mol. The minimum Gasteiger partial charge on any atom is -0.497 e. The lowest BCUT2D eigenvalue weighted by Gasteiger charge is -2.05. The first-order valence-electron chi connectivity index (χ1n) is 6.50. The van der Waals surface area contributed by atoms with Crippen LogP contribution >= 0.6 is 0 Å². The molecule has 0 saturated carbocycles. The van der Waals surface area contributed by atoms with Crippen LogP contribution in [0.5, 0.6) is 5.75 Å². The second-order valence-corrected chi connectivity index (χ2v) is 4.75. The van der Waals surface area contributed by atoms with Crippen LogP contribution in [0.4, 0.5) is 5.82 Å². The fraction of sp³-hybridized carbons (Fsp3) is 0.125. The van der Waals surface area contributed by atoms with Gasteiger partial charge in [0.25, 0.3) is 0 Å². The van der Waals surface area contributed by atoms with E-state index in [1.165, 1.54) is 0 Å². The highest BCUT2D eigenvalue weighted by Crippen LogP contribution is 2.37. The summed E-state index contributed by atoms with van der Waals surface area (Å²) in [6.45, 7) is 1.97. The molecule has 0 amide bonds. The fourth-order valence-electron chi connectivity index (χ4n) is 2.24. The summed E-state index contributed by atoms with van der Waals surface area (Å²) in [6.07, 6.45) is 3.52. The Bertz CT molecular complexity index is 781. The van der Waals surface area contributed by atoms with Gasteiger partial charge in [0.15, 0.2) is 11.6 Å². The lowest BCUT2D eigenvalue weighted by molar-refractivity contribution is 0.415. The van der Waals surface area contributed by atoms with Crippen molar-refractivity contribution in [2.24, 2.45) is 0 Å². The Balaban J connectivity index is 2.17. The maximum Gasteiger partial charge on any atom is 0.178 e. The third kappa shape index (κ3) is 2.45. The van der Waals surface area contributed by atoms with Gasteiger partial charge in [-0.05, 0) is 36.2 Å². The monoisotopic (exact) mass is 281 g/mol. The Labute approximate surface area is 122 Å². The molecule has 2 heterocycles. The maximum absolute atomic E-state index is 5.97. The third-order valence-corrected chi connectivity index (χ3v) is 3.21. The molecule has 21 heavy (non-hydrogen) atoms. The van der Waals surface area contributed by atoms with Gasteiger partial charge in [0, 0.05) is 18.0 Å². The summed E-state index contributed by atoms with van der Waals surface area (Å²) in [6, 6.07) is 9.60. The molecule has 5 heteroatoms. The first kappa shape index (κ1) is 13.2. The lowest BCUT2D eigenvalue weighted by Crippen LogP contribution is -1.90. The zero-order valence-corrected chi connectivity index (χ0v) is 11.8. The van der Waals surface area contributed by atoms with Crippen LogP contribution in [-0.2, 0) is 0 Å². The zero-order valence-electron chi connectivity index (χ0n) is 11.8. The van der Waals surface area contributed by atoms with E-state index in [-0.39, 0.29) is 0 Å². The van der Waals surface area contributed by atoms with Crippen LogP contribution in [-0.4, -0.2) is 17.3 Å². The molecule has 0 aliphatic rings. The van der Waals surface area contributed by atoms with E-state index in [0.29, 0.717) is 11.6 Å². The number of anilines is 1. The molecular weight excluding hydrogens is 266 g/mol. The maximum atomic E-state index is 5.97. The Morgan fingerprint density at radius 3 is 2.76 bits per heavy atom. The summed E-state index contributed by atoms with van der Waals surface area (Å²) in [5, 5.41) is 3.89. The van der Waals surface area contributed by atoms with Gasteiger partial charge in [0.1, 0.15) is 5.75 Å². The van der Waals surface area contributed by atoms with Crippen molar-refractivity contribution in [2.45, 2.75) is 6.92 Å². The minimum absolute atomic E-state index is 0.347. The van der Waals surface area contributed by atoms with Crippen LogP contribution in [0.3, 0.4) is 0 Å². The zero-order chi connectivity index (χ0) is 14.8. The predicted octanol–water partition coefficient (Wildman–Crippen LogP) is 3.30. The summed E-state index contributed by atoms with van der Waals surface area (Å²) in [7, 11) is 1.63. The number of methoxy groups -OCH3 is 1. The van der Waals surface area contributed by atoms with E-state index in [1.54, 1.807) is 19.5 Å². The van der Waals surface area contributed by atoms with Gasteiger partial charge in [0.2, 0.25) is 0 Å². The van der Waals surface area contributed by atoms with Gasteiger partial charge in [-0.1, -0.05) is 17.3 Å². The van der Waals surface area contributed by atoms with E-state index >= 15 is 0 Å². The molecule has 2 aromatic heterocycles. The van der Waals surface area contributed by atoms with Crippen LogP contribution < -0.4 is 10.5 Å². The molecule has 0 spiro atoms. The lowest BCUT2D eigenvalue weighted by atomic mass is 10.0. The quantitative estimate of drug-likeness (QED) is 0.797. The number of nitrogens with zero attached hydrogens (tertiary/aromatic N) is 2. The van der Waals surface area contributed by atoms with Gasteiger partial charge in [-0.25, -0.2) is 0 Å². The van der Waals surface area contributed by atoms with Crippen LogP contribution in [0, 0.1) is 6.92 Å². The van der Waals surface area contributed by atoms with Crippen LogP contribution in [0.15, 0.2) is 47.2 Å². The Morgan fingerprint density at radius 1 is 1.14 bits per heavy atom. The number of hydrogen-bond donors (Lipinski definition) is 1. The second-order valence-electron chi connectivity index (χ2n) is 4.75. The molecule has 0 saturated heterocycles. The largest absolute Gasteiger partial charge is 0.497 e. The van der Waals surface area contributed by atoms with Crippen molar-refractivity contribution < 1.29 is 9.26 Å². The van der Waals surface area contributed by atoms with E-state index < -0.39 is 0 Å². The van der Waals surface area contributed by atoms with Crippen molar-refractivity contribution in [2.75, 3.05) is 12.8 Å². The molecule has 1 aromatic carbocycles. The van der Waals surface area contributed by atoms with E-state index in [1.807, 2.05) is 37.3 Å². The first-order valence-corrected chi connectivity index (χ1v) is 6.50. The van der Waals surface area contributed by atoms with E-state index in [2.05, 4.69) is 10.1 Å². The van der Waals surface area contributed by atoms with Crippen molar-refractivity contribution in [1.82, 2.24) is 10.1 Å². The molecule has 0 radical (unpaired) electrons. The van der Waals surface area contributed by atoms with Gasteiger partial charge in [-0.3, -0.25) is 4.98 Å². The molecule has 106 valence electrons. The number of aromatic nitrogens is 2.